The van der Waals surface area contributed by atoms with Gasteiger partial charge >= 0.3 is 0 Å². The van der Waals surface area contributed by atoms with E-state index in [0.717, 1.165) is 43.6 Å². The van der Waals surface area contributed by atoms with Crippen molar-refractivity contribution in [2.75, 3.05) is 18.1 Å². The molecule has 0 saturated carbocycles. The van der Waals surface area contributed by atoms with Gasteiger partial charge in [-0.1, -0.05) is 18.2 Å². The molecule has 1 saturated heterocycles. The second-order valence-electron chi connectivity index (χ2n) is 5.56. The van der Waals surface area contributed by atoms with E-state index in [9.17, 15) is 0 Å². The fourth-order valence-corrected chi connectivity index (χ4v) is 3.55. The van der Waals surface area contributed by atoms with Crippen LogP contribution in [0.4, 0.5) is 6.01 Å². The van der Waals surface area contributed by atoms with Gasteiger partial charge in [0.1, 0.15) is 5.52 Å². The van der Waals surface area contributed by atoms with Crippen molar-refractivity contribution >= 4 is 28.5 Å². The van der Waals surface area contributed by atoms with E-state index in [1.807, 2.05) is 24.3 Å². The molecule has 1 aliphatic heterocycles. The molecule has 0 N–H and O–H groups in total. The third kappa shape index (κ3) is 2.87. The van der Waals surface area contributed by atoms with Crippen LogP contribution >= 0.6 is 11.3 Å². The summed E-state index contributed by atoms with van der Waals surface area (Å²) in [6.45, 7) is 2.50. The van der Waals surface area contributed by atoms with Gasteiger partial charge in [0.2, 0.25) is 0 Å². The molecule has 1 aromatic carbocycles. The number of anilines is 1. The first kappa shape index (κ1) is 13.8. The second-order valence-corrected chi connectivity index (χ2v) is 6.59. The molecular formula is C17H18N2O2S. The number of nitrogens with zero attached hydrogens (tertiary/aromatic N) is 2. The summed E-state index contributed by atoms with van der Waals surface area (Å²) < 4.78 is 11.7. The van der Waals surface area contributed by atoms with Crippen molar-refractivity contribution in [3.05, 3.63) is 46.7 Å². The molecule has 5 heteroatoms. The molecule has 22 heavy (non-hydrogen) atoms. The maximum absolute atomic E-state index is 5.95. The van der Waals surface area contributed by atoms with Crippen molar-refractivity contribution in [1.82, 2.24) is 4.98 Å². The van der Waals surface area contributed by atoms with Gasteiger partial charge in [-0.25, -0.2) is 0 Å². The Labute approximate surface area is 133 Å². The summed E-state index contributed by atoms with van der Waals surface area (Å²) in [7, 11) is 0. The number of hydrogen-bond acceptors (Lipinski definition) is 5. The third-order valence-electron chi connectivity index (χ3n) is 3.93. The van der Waals surface area contributed by atoms with Crippen molar-refractivity contribution < 1.29 is 9.15 Å². The van der Waals surface area contributed by atoms with Crippen LogP contribution in [0.15, 0.2) is 46.2 Å². The van der Waals surface area contributed by atoms with Crippen LogP contribution in [-0.2, 0) is 11.3 Å². The fourth-order valence-electron chi connectivity index (χ4n) is 2.83. The minimum atomic E-state index is 0.273. The van der Waals surface area contributed by atoms with Gasteiger partial charge in [-0.05, 0) is 36.4 Å². The zero-order chi connectivity index (χ0) is 14.8. The lowest BCUT2D eigenvalue weighted by atomic mass is 10.2. The average Bonchev–Trinajstić information content (AvgIpc) is 3.28. The Hall–Kier alpha value is -1.85. The number of rotatable bonds is 5. The highest BCUT2D eigenvalue weighted by molar-refractivity contribution is 7.09. The van der Waals surface area contributed by atoms with Crippen molar-refractivity contribution in [3.63, 3.8) is 0 Å². The van der Waals surface area contributed by atoms with E-state index >= 15 is 0 Å². The molecule has 3 heterocycles. The van der Waals surface area contributed by atoms with Gasteiger partial charge < -0.3 is 14.1 Å². The van der Waals surface area contributed by atoms with Gasteiger partial charge in [-0.2, -0.15) is 4.98 Å². The maximum atomic E-state index is 5.95. The fraction of sp³-hybridized carbons (Fsp3) is 0.353. The van der Waals surface area contributed by atoms with Crippen LogP contribution in [0.25, 0.3) is 11.1 Å². The molecular weight excluding hydrogens is 296 g/mol. The Morgan fingerprint density at radius 1 is 1.23 bits per heavy atom. The zero-order valence-electron chi connectivity index (χ0n) is 12.3. The quantitative estimate of drug-likeness (QED) is 0.711. The zero-order valence-corrected chi connectivity index (χ0v) is 13.1. The molecule has 0 aliphatic carbocycles. The average molecular weight is 314 g/mol. The third-order valence-corrected chi connectivity index (χ3v) is 4.79. The molecule has 1 atom stereocenters. The lowest BCUT2D eigenvalue weighted by Crippen LogP contribution is -2.31. The first-order valence-corrected chi connectivity index (χ1v) is 8.51. The SMILES string of the molecule is c1csc(CN(CC2CCCO2)c2nc3ccccc3o2)c1. The molecule has 1 fully saturated rings. The molecule has 114 valence electrons. The number of para-hydroxylation sites is 2. The Morgan fingerprint density at radius 3 is 2.95 bits per heavy atom. The number of thiophene rings is 1. The van der Waals surface area contributed by atoms with Crippen LogP contribution in [0, 0.1) is 0 Å². The molecule has 0 spiro atoms. The standard InChI is InChI=1S/C17H18N2O2S/c1-2-8-16-15(7-1)18-17(21-16)19(11-13-5-3-9-20-13)12-14-6-4-10-22-14/h1-2,4,6-8,10,13H,3,5,9,11-12H2. The van der Waals surface area contributed by atoms with E-state index in [1.54, 1.807) is 11.3 Å². The summed E-state index contributed by atoms with van der Waals surface area (Å²) in [6.07, 6.45) is 2.53. The topological polar surface area (TPSA) is 38.5 Å². The molecule has 1 aliphatic rings. The van der Waals surface area contributed by atoms with E-state index in [-0.39, 0.29) is 6.10 Å². The van der Waals surface area contributed by atoms with Crippen molar-refractivity contribution in [2.24, 2.45) is 0 Å². The van der Waals surface area contributed by atoms with E-state index in [0.29, 0.717) is 6.01 Å². The van der Waals surface area contributed by atoms with Crippen molar-refractivity contribution in [3.8, 4) is 0 Å². The van der Waals surface area contributed by atoms with Gasteiger partial charge in [0, 0.05) is 18.0 Å². The summed E-state index contributed by atoms with van der Waals surface area (Å²) in [5.74, 6) is 0. The minimum Gasteiger partial charge on any atom is -0.423 e. The first-order valence-electron chi connectivity index (χ1n) is 7.63. The highest BCUT2D eigenvalue weighted by Crippen LogP contribution is 2.26. The van der Waals surface area contributed by atoms with Crippen LogP contribution in [0.3, 0.4) is 0 Å². The summed E-state index contributed by atoms with van der Waals surface area (Å²) in [6, 6.07) is 12.8. The number of benzene rings is 1. The number of oxazole rings is 1. The van der Waals surface area contributed by atoms with E-state index < -0.39 is 0 Å². The summed E-state index contributed by atoms with van der Waals surface area (Å²) in [4.78, 5) is 8.15. The van der Waals surface area contributed by atoms with Crippen LogP contribution < -0.4 is 4.90 Å². The lowest BCUT2D eigenvalue weighted by Gasteiger charge is -2.23. The normalized spacial score (nSPS) is 18.1. The van der Waals surface area contributed by atoms with Gasteiger partial charge in [0.15, 0.2) is 5.58 Å². The smallest absolute Gasteiger partial charge is 0.298 e. The Bertz CT molecular complexity index is 699. The minimum absolute atomic E-state index is 0.273. The second kappa shape index (κ2) is 6.10. The highest BCUT2D eigenvalue weighted by Gasteiger charge is 2.23. The van der Waals surface area contributed by atoms with Crippen LogP contribution in [0.2, 0.25) is 0 Å². The van der Waals surface area contributed by atoms with Gasteiger partial charge in [-0.15, -0.1) is 11.3 Å². The van der Waals surface area contributed by atoms with E-state index in [4.69, 9.17) is 9.15 Å². The van der Waals surface area contributed by atoms with Crippen molar-refractivity contribution in [2.45, 2.75) is 25.5 Å². The van der Waals surface area contributed by atoms with E-state index in [2.05, 4.69) is 27.4 Å². The Morgan fingerprint density at radius 2 is 2.18 bits per heavy atom. The van der Waals surface area contributed by atoms with Gasteiger partial charge in [0.05, 0.1) is 12.6 Å². The van der Waals surface area contributed by atoms with Crippen LogP contribution in [0.5, 0.6) is 0 Å². The maximum Gasteiger partial charge on any atom is 0.298 e. The molecule has 0 amide bonds. The number of hydrogen-bond donors (Lipinski definition) is 0. The monoisotopic (exact) mass is 314 g/mol. The molecule has 1 unspecified atom stereocenters. The Kier molecular flexibility index (Phi) is 3.83. The molecule has 3 aromatic rings. The van der Waals surface area contributed by atoms with Crippen LogP contribution in [-0.4, -0.2) is 24.2 Å². The Balaban J connectivity index is 1.62. The molecule has 2 aromatic heterocycles. The predicted octanol–water partition coefficient (Wildman–Crippen LogP) is 4.07. The molecule has 4 nitrogen and oxygen atoms in total. The number of fused-ring (bicyclic) bond motifs is 1. The first-order chi connectivity index (χ1) is 10.9. The molecule has 0 bridgehead atoms. The number of ether oxygens (including phenoxy) is 1. The van der Waals surface area contributed by atoms with Gasteiger partial charge in [0.25, 0.3) is 6.01 Å². The van der Waals surface area contributed by atoms with Crippen LogP contribution in [0.1, 0.15) is 17.7 Å². The van der Waals surface area contributed by atoms with Crippen molar-refractivity contribution in [1.29, 1.82) is 0 Å². The van der Waals surface area contributed by atoms with E-state index in [1.165, 1.54) is 4.88 Å². The molecule has 4 rings (SSSR count). The highest BCUT2D eigenvalue weighted by atomic mass is 32.1. The summed E-state index contributed by atoms with van der Waals surface area (Å²) >= 11 is 1.76. The molecule has 0 radical (unpaired) electrons. The van der Waals surface area contributed by atoms with Gasteiger partial charge in [-0.3, -0.25) is 0 Å². The summed E-state index contributed by atoms with van der Waals surface area (Å²) in [5, 5.41) is 2.10. The lowest BCUT2D eigenvalue weighted by molar-refractivity contribution is 0.114. The predicted molar refractivity (Wildman–Crippen MR) is 88.4 cm³/mol. The largest absolute Gasteiger partial charge is 0.423 e. The number of aromatic nitrogens is 1. The summed E-state index contributed by atoms with van der Waals surface area (Å²) in [5.41, 5.74) is 1.74.